The summed E-state index contributed by atoms with van der Waals surface area (Å²) in [5.41, 5.74) is 12.7. The van der Waals surface area contributed by atoms with E-state index in [2.05, 4.69) is 15.0 Å². The molecule has 1 atom stereocenters. The maximum absolute atomic E-state index is 5.69. The minimum Gasteiger partial charge on any atom is -0.382 e. The topological polar surface area (TPSA) is 95.6 Å². The van der Waals surface area contributed by atoms with E-state index in [1.165, 1.54) is 6.33 Å². The van der Waals surface area contributed by atoms with Crippen LogP contribution < -0.4 is 11.5 Å². The zero-order valence-electron chi connectivity index (χ0n) is 7.88. The van der Waals surface area contributed by atoms with E-state index < -0.39 is 0 Å². The number of anilines is 1. The van der Waals surface area contributed by atoms with Gasteiger partial charge in [-0.1, -0.05) is 0 Å². The SMILES string of the molecule is C[C@@H](N)Cn1cnc2c(N)ncnc21. The molecule has 0 aromatic carbocycles. The van der Waals surface area contributed by atoms with Gasteiger partial charge in [-0.05, 0) is 6.92 Å². The third-order valence-corrected chi connectivity index (χ3v) is 1.91. The maximum atomic E-state index is 5.69. The summed E-state index contributed by atoms with van der Waals surface area (Å²) in [4.78, 5) is 12.1. The van der Waals surface area contributed by atoms with Gasteiger partial charge in [-0.25, -0.2) is 15.0 Å². The van der Waals surface area contributed by atoms with Crippen LogP contribution in [0.15, 0.2) is 12.7 Å². The minimum absolute atomic E-state index is 0.0589. The predicted molar refractivity (Wildman–Crippen MR) is 53.4 cm³/mol. The minimum atomic E-state index is 0.0589. The number of imidazole rings is 1. The van der Waals surface area contributed by atoms with Crippen molar-refractivity contribution >= 4 is 17.0 Å². The number of nitrogen functional groups attached to an aromatic ring is 1. The van der Waals surface area contributed by atoms with E-state index in [4.69, 9.17) is 11.5 Å². The van der Waals surface area contributed by atoms with Crippen molar-refractivity contribution in [3.8, 4) is 0 Å². The number of nitrogens with two attached hydrogens (primary N) is 2. The first-order valence-electron chi connectivity index (χ1n) is 4.35. The average Bonchev–Trinajstić information content (AvgIpc) is 2.49. The highest BCUT2D eigenvalue weighted by molar-refractivity contribution is 5.81. The second-order valence-corrected chi connectivity index (χ2v) is 3.31. The second-order valence-electron chi connectivity index (χ2n) is 3.31. The molecule has 0 radical (unpaired) electrons. The molecule has 14 heavy (non-hydrogen) atoms. The van der Waals surface area contributed by atoms with Gasteiger partial charge in [-0.2, -0.15) is 0 Å². The van der Waals surface area contributed by atoms with Crippen LogP contribution >= 0.6 is 0 Å². The molecule has 0 fully saturated rings. The molecule has 0 spiro atoms. The Labute approximate surface area is 81.0 Å². The molecular formula is C8H12N6. The van der Waals surface area contributed by atoms with Crippen LogP contribution in [0, 0.1) is 0 Å². The smallest absolute Gasteiger partial charge is 0.165 e. The Bertz CT molecular complexity index is 446. The van der Waals surface area contributed by atoms with Gasteiger partial charge in [-0.15, -0.1) is 0 Å². The summed E-state index contributed by atoms with van der Waals surface area (Å²) in [5.74, 6) is 0.401. The van der Waals surface area contributed by atoms with Crippen molar-refractivity contribution in [2.24, 2.45) is 5.73 Å². The van der Waals surface area contributed by atoms with Gasteiger partial charge >= 0.3 is 0 Å². The highest BCUT2D eigenvalue weighted by Gasteiger charge is 2.08. The van der Waals surface area contributed by atoms with Gasteiger partial charge < -0.3 is 16.0 Å². The summed E-state index contributed by atoms with van der Waals surface area (Å²) < 4.78 is 1.87. The van der Waals surface area contributed by atoms with Gasteiger partial charge in [-0.3, -0.25) is 0 Å². The van der Waals surface area contributed by atoms with Gasteiger partial charge in [0.2, 0.25) is 0 Å². The zero-order chi connectivity index (χ0) is 10.1. The Kier molecular flexibility index (Phi) is 2.05. The molecule has 0 aliphatic carbocycles. The number of hydrogen-bond acceptors (Lipinski definition) is 5. The highest BCUT2D eigenvalue weighted by atomic mass is 15.1. The fraction of sp³-hybridized carbons (Fsp3) is 0.375. The lowest BCUT2D eigenvalue weighted by molar-refractivity contribution is 0.598. The molecule has 6 heteroatoms. The monoisotopic (exact) mass is 192 g/mol. The van der Waals surface area contributed by atoms with Crippen molar-refractivity contribution in [1.29, 1.82) is 0 Å². The first kappa shape index (κ1) is 8.89. The predicted octanol–water partition coefficient (Wildman–Crippen LogP) is -0.244. The molecule has 4 N–H and O–H groups in total. The Morgan fingerprint density at radius 2 is 2.21 bits per heavy atom. The Morgan fingerprint density at radius 1 is 1.43 bits per heavy atom. The normalized spacial score (nSPS) is 13.3. The van der Waals surface area contributed by atoms with Crippen LogP contribution in [0.3, 0.4) is 0 Å². The van der Waals surface area contributed by atoms with E-state index in [-0.39, 0.29) is 6.04 Å². The van der Waals surface area contributed by atoms with Gasteiger partial charge in [0.1, 0.15) is 11.8 Å². The quantitative estimate of drug-likeness (QED) is 0.684. The van der Waals surface area contributed by atoms with Gasteiger partial charge in [0.05, 0.1) is 6.33 Å². The van der Waals surface area contributed by atoms with Crippen LogP contribution in [0.5, 0.6) is 0 Å². The number of hydrogen-bond donors (Lipinski definition) is 2. The zero-order valence-corrected chi connectivity index (χ0v) is 7.88. The largest absolute Gasteiger partial charge is 0.382 e. The number of nitrogens with zero attached hydrogens (tertiary/aromatic N) is 4. The summed E-state index contributed by atoms with van der Waals surface area (Å²) in [7, 11) is 0. The number of rotatable bonds is 2. The van der Waals surface area contributed by atoms with Crippen molar-refractivity contribution < 1.29 is 0 Å². The molecule has 2 aromatic rings. The van der Waals surface area contributed by atoms with E-state index in [1.54, 1.807) is 6.33 Å². The van der Waals surface area contributed by atoms with Crippen LogP contribution in [0.1, 0.15) is 6.92 Å². The Balaban J connectivity index is 2.52. The lowest BCUT2D eigenvalue weighted by Gasteiger charge is -2.05. The van der Waals surface area contributed by atoms with E-state index in [9.17, 15) is 0 Å². The first-order valence-corrected chi connectivity index (χ1v) is 4.35. The van der Waals surface area contributed by atoms with E-state index >= 15 is 0 Å². The highest BCUT2D eigenvalue weighted by Crippen LogP contribution is 2.13. The van der Waals surface area contributed by atoms with Gasteiger partial charge in [0, 0.05) is 12.6 Å². The molecule has 0 aliphatic rings. The molecule has 0 bridgehead atoms. The molecule has 0 saturated carbocycles. The molecule has 74 valence electrons. The van der Waals surface area contributed by atoms with Crippen molar-refractivity contribution in [3.63, 3.8) is 0 Å². The van der Waals surface area contributed by atoms with Crippen LogP contribution in [0.25, 0.3) is 11.2 Å². The summed E-state index contributed by atoms with van der Waals surface area (Å²) in [6, 6.07) is 0.0589. The lowest BCUT2D eigenvalue weighted by atomic mass is 10.3. The molecule has 0 aliphatic heterocycles. The van der Waals surface area contributed by atoms with Crippen molar-refractivity contribution in [1.82, 2.24) is 19.5 Å². The Morgan fingerprint density at radius 3 is 2.93 bits per heavy atom. The molecule has 0 amide bonds. The molecule has 2 rings (SSSR count). The van der Waals surface area contributed by atoms with Crippen molar-refractivity contribution in [2.75, 3.05) is 5.73 Å². The van der Waals surface area contributed by atoms with Crippen LogP contribution in [-0.4, -0.2) is 25.6 Å². The van der Waals surface area contributed by atoms with E-state index in [0.717, 1.165) is 5.65 Å². The summed E-state index contributed by atoms with van der Waals surface area (Å²) >= 11 is 0. The van der Waals surface area contributed by atoms with Crippen LogP contribution in [0.4, 0.5) is 5.82 Å². The third kappa shape index (κ3) is 1.39. The van der Waals surface area contributed by atoms with Crippen LogP contribution in [-0.2, 0) is 6.54 Å². The van der Waals surface area contributed by atoms with Gasteiger partial charge in [0.25, 0.3) is 0 Å². The number of aromatic nitrogens is 4. The van der Waals surface area contributed by atoms with Crippen molar-refractivity contribution in [3.05, 3.63) is 12.7 Å². The summed E-state index contributed by atoms with van der Waals surface area (Å²) in [6.07, 6.45) is 3.11. The summed E-state index contributed by atoms with van der Waals surface area (Å²) in [5, 5.41) is 0. The van der Waals surface area contributed by atoms with E-state index in [1.807, 2.05) is 11.5 Å². The Hall–Kier alpha value is -1.69. The average molecular weight is 192 g/mol. The second kappa shape index (κ2) is 3.22. The molecule has 6 nitrogen and oxygen atoms in total. The van der Waals surface area contributed by atoms with Crippen LogP contribution in [0.2, 0.25) is 0 Å². The first-order chi connectivity index (χ1) is 6.68. The molecule has 2 heterocycles. The van der Waals surface area contributed by atoms with E-state index in [0.29, 0.717) is 17.9 Å². The third-order valence-electron chi connectivity index (χ3n) is 1.91. The standard InChI is InChI=1S/C8H12N6/c1-5(9)2-14-4-13-6-7(10)11-3-12-8(6)14/h3-5H,2,9H2,1H3,(H2,10,11,12)/t5-/m1/s1. The fourth-order valence-corrected chi connectivity index (χ4v) is 1.34. The molecule has 2 aromatic heterocycles. The number of fused-ring (bicyclic) bond motifs is 1. The molecule has 0 unspecified atom stereocenters. The lowest BCUT2D eigenvalue weighted by Crippen LogP contribution is -2.21. The summed E-state index contributed by atoms with van der Waals surface area (Å²) in [6.45, 7) is 2.60. The molecular weight excluding hydrogens is 180 g/mol. The molecule has 0 saturated heterocycles. The maximum Gasteiger partial charge on any atom is 0.165 e. The fourth-order valence-electron chi connectivity index (χ4n) is 1.34. The van der Waals surface area contributed by atoms with Crippen molar-refractivity contribution in [2.45, 2.75) is 19.5 Å². The van der Waals surface area contributed by atoms with Gasteiger partial charge in [0.15, 0.2) is 11.5 Å².